The quantitative estimate of drug-likeness (QED) is 0.321. The summed E-state index contributed by atoms with van der Waals surface area (Å²) >= 11 is 0. The fourth-order valence-corrected chi connectivity index (χ4v) is 4.41. The van der Waals surface area contributed by atoms with Gasteiger partial charge in [-0.1, -0.05) is 49.7 Å². The molecular weight excluding hydrogens is 473 g/mol. The van der Waals surface area contributed by atoms with Crippen LogP contribution in [-0.2, 0) is 13.0 Å². The Bertz CT molecular complexity index is 1620. The summed E-state index contributed by atoms with van der Waals surface area (Å²) in [6.45, 7) is 3.68. The van der Waals surface area contributed by atoms with Crippen molar-refractivity contribution in [3.8, 4) is 28.3 Å². The van der Waals surface area contributed by atoms with E-state index >= 15 is 0 Å². The van der Waals surface area contributed by atoms with E-state index < -0.39 is 11.5 Å². The molecule has 0 fully saturated rings. The van der Waals surface area contributed by atoms with Crippen LogP contribution < -0.4 is 5.69 Å². The van der Waals surface area contributed by atoms with Crippen molar-refractivity contribution in [1.29, 1.82) is 0 Å². The Hall–Kier alpha value is -4.73. The van der Waals surface area contributed by atoms with E-state index in [2.05, 4.69) is 25.6 Å². The van der Waals surface area contributed by atoms with Gasteiger partial charge in [0.2, 0.25) is 0 Å². The number of pyridine rings is 1. The molecule has 9 nitrogen and oxygen atoms in total. The van der Waals surface area contributed by atoms with Crippen molar-refractivity contribution in [2.75, 3.05) is 0 Å². The Morgan fingerprint density at radius 1 is 1.08 bits per heavy atom. The number of imidazole rings is 1. The lowest BCUT2D eigenvalue weighted by atomic mass is 10.0. The molecule has 0 spiro atoms. The minimum absolute atomic E-state index is 0.0162. The number of carbonyl (C=O) groups is 1. The first kappa shape index (κ1) is 24.0. The van der Waals surface area contributed by atoms with Crippen LogP contribution in [0.4, 0.5) is 4.39 Å². The number of ketones is 1. The van der Waals surface area contributed by atoms with Crippen LogP contribution in [0.1, 0.15) is 41.9 Å². The van der Waals surface area contributed by atoms with Gasteiger partial charge in [0.1, 0.15) is 11.5 Å². The predicted octanol–water partition coefficient (Wildman–Crippen LogP) is 4.22. The SMILES string of the molecule is CCCc1cn(-c2c(F)cccc2C(C)=O)c(=O)n1Cc1ccc(-c2cccnc2-c2nnn[nH]2)cc1. The third kappa shape index (κ3) is 4.61. The molecule has 0 bridgehead atoms. The number of carbonyl (C=O) groups excluding carboxylic acids is 1. The summed E-state index contributed by atoms with van der Waals surface area (Å²) in [7, 11) is 0. The number of halogens is 1. The molecule has 0 saturated carbocycles. The molecule has 0 aliphatic rings. The molecule has 0 saturated heterocycles. The van der Waals surface area contributed by atoms with Gasteiger partial charge in [-0.05, 0) is 53.1 Å². The molecule has 37 heavy (non-hydrogen) atoms. The number of tetrazole rings is 1. The van der Waals surface area contributed by atoms with Crippen LogP contribution in [-0.4, -0.2) is 40.5 Å². The van der Waals surface area contributed by atoms with Gasteiger partial charge in [0, 0.05) is 29.2 Å². The highest BCUT2D eigenvalue weighted by molar-refractivity contribution is 5.97. The van der Waals surface area contributed by atoms with Gasteiger partial charge in [-0.2, -0.15) is 0 Å². The third-order valence-electron chi connectivity index (χ3n) is 6.16. The van der Waals surface area contributed by atoms with Gasteiger partial charge in [0.25, 0.3) is 0 Å². The topological polar surface area (TPSA) is 111 Å². The first-order valence-electron chi connectivity index (χ1n) is 11.9. The maximum absolute atomic E-state index is 14.8. The van der Waals surface area contributed by atoms with Crippen LogP contribution in [0.3, 0.4) is 0 Å². The largest absolute Gasteiger partial charge is 0.333 e. The average molecular weight is 498 g/mol. The second-order valence-corrected chi connectivity index (χ2v) is 8.65. The molecule has 0 unspecified atom stereocenters. The third-order valence-corrected chi connectivity index (χ3v) is 6.16. The molecule has 2 aromatic carbocycles. The normalized spacial score (nSPS) is 11.1. The van der Waals surface area contributed by atoms with E-state index in [0.717, 1.165) is 28.8 Å². The number of aromatic nitrogens is 7. The summed E-state index contributed by atoms with van der Waals surface area (Å²) in [5.41, 5.74) is 3.82. The Kier molecular flexibility index (Phi) is 6.55. The molecule has 10 heteroatoms. The summed E-state index contributed by atoms with van der Waals surface area (Å²) in [4.78, 5) is 30.0. The van der Waals surface area contributed by atoms with Crippen LogP contribution in [0.25, 0.3) is 28.3 Å². The van der Waals surface area contributed by atoms with Gasteiger partial charge in [-0.25, -0.2) is 14.3 Å². The zero-order valence-electron chi connectivity index (χ0n) is 20.3. The Morgan fingerprint density at radius 3 is 2.59 bits per heavy atom. The molecule has 0 aliphatic heterocycles. The van der Waals surface area contributed by atoms with E-state index in [1.165, 1.54) is 29.7 Å². The van der Waals surface area contributed by atoms with Crippen molar-refractivity contribution in [2.24, 2.45) is 0 Å². The van der Waals surface area contributed by atoms with E-state index in [1.807, 2.05) is 43.3 Å². The second kappa shape index (κ2) is 10.1. The van der Waals surface area contributed by atoms with Gasteiger partial charge < -0.3 is 0 Å². The lowest BCUT2D eigenvalue weighted by Crippen LogP contribution is -2.26. The molecule has 186 valence electrons. The molecule has 0 aliphatic carbocycles. The smallest absolute Gasteiger partial charge is 0.294 e. The van der Waals surface area contributed by atoms with Crippen molar-refractivity contribution < 1.29 is 9.18 Å². The number of rotatable bonds is 8. The van der Waals surface area contributed by atoms with Crippen molar-refractivity contribution in [1.82, 2.24) is 34.7 Å². The zero-order valence-corrected chi connectivity index (χ0v) is 20.3. The van der Waals surface area contributed by atoms with E-state index in [0.29, 0.717) is 24.5 Å². The number of H-pyrrole nitrogens is 1. The molecule has 0 atom stereocenters. The standard InChI is InChI=1S/C27H24FN7O2/c1-3-6-20-16-35(25-21(17(2)36)7-4-9-23(25)28)27(37)34(20)15-18-10-12-19(13-11-18)22-8-5-14-29-24(22)26-30-32-33-31-26/h4-5,7-14,16H,3,6,15H2,1-2H3,(H,30,31,32,33). The number of hydrogen-bond donors (Lipinski definition) is 1. The second-order valence-electron chi connectivity index (χ2n) is 8.65. The molecule has 5 rings (SSSR count). The van der Waals surface area contributed by atoms with Gasteiger partial charge in [-0.3, -0.25) is 18.9 Å². The van der Waals surface area contributed by atoms with E-state index in [9.17, 15) is 14.0 Å². The number of para-hydroxylation sites is 1. The molecular formula is C27H24FN7O2. The summed E-state index contributed by atoms with van der Waals surface area (Å²) < 4.78 is 17.7. The summed E-state index contributed by atoms with van der Waals surface area (Å²) in [6, 6.07) is 15.8. The van der Waals surface area contributed by atoms with Crippen LogP contribution >= 0.6 is 0 Å². The number of aromatic amines is 1. The van der Waals surface area contributed by atoms with Crippen LogP contribution in [0.15, 0.2) is 71.8 Å². The average Bonchev–Trinajstić information content (AvgIpc) is 3.54. The van der Waals surface area contributed by atoms with E-state index in [1.54, 1.807) is 17.0 Å². The van der Waals surface area contributed by atoms with E-state index in [-0.39, 0.29) is 17.0 Å². The first-order chi connectivity index (χ1) is 18.0. The van der Waals surface area contributed by atoms with Gasteiger partial charge >= 0.3 is 5.69 Å². The monoisotopic (exact) mass is 497 g/mol. The van der Waals surface area contributed by atoms with Gasteiger partial charge in [0.15, 0.2) is 11.6 Å². The van der Waals surface area contributed by atoms with Crippen LogP contribution in [0.2, 0.25) is 0 Å². The minimum atomic E-state index is -0.617. The van der Waals surface area contributed by atoms with Crippen LogP contribution in [0, 0.1) is 5.82 Å². The van der Waals surface area contributed by atoms with Gasteiger partial charge in [-0.15, -0.1) is 5.10 Å². The van der Waals surface area contributed by atoms with Crippen molar-refractivity contribution in [2.45, 2.75) is 33.2 Å². The molecule has 3 heterocycles. The summed E-state index contributed by atoms with van der Waals surface area (Å²) in [5, 5.41) is 14.0. The number of nitrogens with zero attached hydrogens (tertiary/aromatic N) is 6. The highest BCUT2D eigenvalue weighted by atomic mass is 19.1. The van der Waals surface area contributed by atoms with Crippen molar-refractivity contribution in [3.63, 3.8) is 0 Å². The first-order valence-corrected chi connectivity index (χ1v) is 11.9. The lowest BCUT2D eigenvalue weighted by Gasteiger charge is -2.10. The lowest BCUT2D eigenvalue weighted by molar-refractivity contribution is 0.101. The number of benzene rings is 2. The minimum Gasteiger partial charge on any atom is -0.294 e. The molecule has 5 aromatic rings. The summed E-state index contributed by atoms with van der Waals surface area (Å²) in [5.74, 6) is -0.457. The summed E-state index contributed by atoms with van der Waals surface area (Å²) in [6.07, 6.45) is 4.75. The number of Topliss-reactive ketones (excluding diaryl/α,β-unsaturated/α-hetero) is 1. The fourth-order valence-electron chi connectivity index (χ4n) is 4.41. The molecule has 1 N–H and O–H groups in total. The highest BCUT2D eigenvalue weighted by Gasteiger charge is 2.20. The molecule has 0 radical (unpaired) electrons. The Labute approximate surface area is 211 Å². The van der Waals surface area contributed by atoms with Crippen molar-refractivity contribution in [3.05, 3.63) is 100 Å². The fraction of sp³-hybridized carbons (Fsp3) is 0.185. The van der Waals surface area contributed by atoms with Crippen LogP contribution in [0.5, 0.6) is 0 Å². The number of nitrogens with one attached hydrogen (secondary N) is 1. The van der Waals surface area contributed by atoms with Crippen molar-refractivity contribution >= 4 is 5.78 Å². The number of aryl methyl sites for hydroxylation is 1. The Balaban J connectivity index is 1.51. The molecule has 0 amide bonds. The number of hydrogen-bond acceptors (Lipinski definition) is 6. The highest BCUT2D eigenvalue weighted by Crippen LogP contribution is 2.28. The maximum Gasteiger partial charge on any atom is 0.333 e. The predicted molar refractivity (Wildman–Crippen MR) is 136 cm³/mol. The zero-order chi connectivity index (χ0) is 25.9. The Morgan fingerprint density at radius 2 is 1.89 bits per heavy atom. The molecule has 3 aromatic heterocycles. The maximum atomic E-state index is 14.8. The van der Waals surface area contributed by atoms with Gasteiger partial charge in [0.05, 0.1) is 12.2 Å². The van der Waals surface area contributed by atoms with E-state index in [4.69, 9.17) is 0 Å².